The Morgan fingerprint density at radius 2 is 2.14 bits per heavy atom. The summed E-state index contributed by atoms with van der Waals surface area (Å²) in [6, 6.07) is 1.49. The fourth-order valence-electron chi connectivity index (χ4n) is 1.12. The van der Waals surface area contributed by atoms with Crippen molar-refractivity contribution in [2.75, 3.05) is 13.1 Å². The average Bonchev–Trinajstić information content (AvgIpc) is 2.15. The molecule has 0 saturated carbocycles. The molecule has 80 valence electrons. The summed E-state index contributed by atoms with van der Waals surface area (Å²) >= 11 is 0. The van der Waals surface area contributed by atoms with E-state index in [0.29, 0.717) is 6.54 Å². The molecule has 1 amide bonds. The molecular weight excluding hydrogens is 178 g/mol. The van der Waals surface area contributed by atoms with E-state index < -0.39 is 6.04 Å². The van der Waals surface area contributed by atoms with Crippen molar-refractivity contribution < 1.29 is 4.79 Å². The van der Waals surface area contributed by atoms with E-state index in [4.69, 9.17) is 11.0 Å². The molecule has 0 aliphatic heterocycles. The lowest BCUT2D eigenvalue weighted by Gasteiger charge is -2.24. The highest BCUT2D eigenvalue weighted by Crippen LogP contribution is 2.03. The summed E-state index contributed by atoms with van der Waals surface area (Å²) in [7, 11) is 0. The van der Waals surface area contributed by atoms with Crippen LogP contribution in [0.1, 0.15) is 27.2 Å². The zero-order chi connectivity index (χ0) is 11.1. The molecule has 0 fully saturated rings. The lowest BCUT2D eigenvalue weighted by Crippen LogP contribution is -2.46. The third-order valence-electron chi connectivity index (χ3n) is 2.07. The summed E-state index contributed by atoms with van der Waals surface area (Å²) in [5, 5.41) is 8.55. The molecule has 0 bridgehead atoms. The van der Waals surface area contributed by atoms with Crippen LogP contribution in [-0.2, 0) is 4.79 Å². The van der Waals surface area contributed by atoms with Crippen molar-refractivity contribution in [2.24, 2.45) is 11.7 Å². The molecule has 0 aromatic carbocycles. The van der Waals surface area contributed by atoms with Crippen LogP contribution in [0.5, 0.6) is 0 Å². The predicted molar refractivity (Wildman–Crippen MR) is 55.3 cm³/mol. The van der Waals surface area contributed by atoms with Gasteiger partial charge in [-0.1, -0.05) is 20.8 Å². The number of hydrogen-bond donors (Lipinski definition) is 1. The minimum atomic E-state index is -0.491. The molecule has 0 rings (SSSR count). The van der Waals surface area contributed by atoms with Gasteiger partial charge in [0.15, 0.2) is 0 Å². The lowest BCUT2D eigenvalue weighted by molar-refractivity contribution is -0.133. The second-order valence-electron chi connectivity index (χ2n) is 3.69. The molecule has 2 N–H and O–H groups in total. The molecule has 0 aromatic rings. The van der Waals surface area contributed by atoms with E-state index in [0.717, 1.165) is 6.42 Å². The molecule has 4 heteroatoms. The van der Waals surface area contributed by atoms with Gasteiger partial charge >= 0.3 is 0 Å². The summed E-state index contributed by atoms with van der Waals surface area (Å²) in [6.45, 7) is 6.51. The zero-order valence-electron chi connectivity index (χ0n) is 9.16. The maximum atomic E-state index is 11.7. The van der Waals surface area contributed by atoms with Gasteiger partial charge in [-0.25, -0.2) is 0 Å². The Balaban J connectivity index is 4.36. The first kappa shape index (κ1) is 12.9. The fourth-order valence-corrected chi connectivity index (χ4v) is 1.12. The molecule has 0 saturated heterocycles. The largest absolute Gasteiger partial charge is 0.328 e. The van der Waals surface area contributed by atoms with Gasteiger partial charge in [-0.15, -0.1) is 0 Å². The van der Waals surface area contributed by atoms with Crippen molar-refractivity contribution in [3.05, 3.63) is 0 Å². The topological polar surface area (TPSA) is 70.1 Å². The molecule has 14 heavy (non-hydrogen) atoms. The number of nitrogens with zero attached hydrogens (tertiary/aromatic N) is 2. The molecule has 0 spiro atoms. The van der Waals surface area contributed by atoms with Gasteiger partial charge in [-0.3, -0.25) is 4.79 Å². The number of hydrogen-bond acceptors (Lipinski definition) is 3. The van der Waals surface area contributed by atoms with Gasteiger partial charge < -0.3 is 10.6 Å². The average molecular weight is 197 g/mol. The molecule has 0 aliphatic carbocycles. The maximum Gasteiger partial charge on any atom is 0.240 e. The zero-order valence-corrected chi connectivity index (χ0v) is 9.16. The summed E-state index contributed by atoms with van der Waals surface area (Å²) < 4.78 is 0. The highest BCUT2D eigenvalue weighted by molar-refractivity contribution is 5.82. The molecule has 1 atom stereocenters. The van der Waals surface area contributed by atoms with Gasteiger partial charge in [0.2, 0.25) is 5.91 Å². The lowest BCUT2D eigenvalue weighted by atomic mass is 10.0. The quantitative estimate of drug-likeness (QED) is 0.660. The highest BCUT2D eigenvalue weighted by Gasteiger charge is 2.22. The normalized spacial score (nSPS) is 12.3. The predicted octanol–water partition coefficient (Wildman–Crippen LogP) is 0.732. The van der Waals surface area contributed by atoms with Crippen molar-refractivity contribution >= 4 is 5.91 Å². The number of nitriles is 1. The van der Waals surface area contributed by atoms with Crippen LogP contribution in [-0.4, -0.2) is 29.9 Å². The summed E-state index contributed by atoms with van der Waals surface area (Å²) in [5.41, 5.74) is 5.72. The molecule has 1 unspecified atom stereocenters. The fraction of sp³-hybridized carbons (Fsp3) is 0.800. The summed E-state index contributed by atoms with van der Waals surface area (Å²) in [5.74, 6) is -0.0102. The molecule has 0 aliphatic rings. The van der Waals surface area contributed by atoms with Crippen LogP contribution in [0.15, 0.2) is 0 Å². The SMILES string of the molecule is CCCN(CC#N)C(=O)C(N)C(C)C. The van der Waals surface area contributed by atoms with E-state index in [-0.39, 0.29) is 18.4 Å². The van der Waals surface area contributed by atoms with Crippen molar-refractivity contribution in [1.82, 2.24) is 4.90 Å². The van der Waals surface area contributed by atoms with Crippen LogP contribution in [0.4, 0.5) is 0 Å². The third-order valence-corrected chi connectivity index (χ3v) is 2.07. The smallest absolute Gasteiger partial charge is 0.240 e. The van der Waals surface area contributed by atoms with Crippen LogP contribution in [0.2, 0.25) is 0 Å². The summed E-state index contributed by atoms with van der Waals surface area (Å²) in [6.07, 6.45) is 0.845. The van der Waals surface area contributed by atoms with Crippen molar-refractivity contribution in [3.8, 4) is 6.07 Å². The maximum absolute atomic E-state index is 11.7. The van der Waals surface area contributed by atoms with Crippen molar-refractivity contribution in [2.45, 2.75) is 33.2 Å². The minimum Gasteiger partial charge on any atom is -0.328 e. The first-order valence-corrected chi connectivity index (χ1v) is 4.95. The summed E-state index contributed by atoms with van der Waals surface area (Å²) in [4.78, 5) is 13.2. The Morgan fingerprint density at radius 1 is 1.57 bits per heavy atom. The second kappa shape index (κ2) is 6.39. The highest BCUT2D eigenvalue weighted by atomic mass is 16.2. The Kier molecular flexibility index (Phi) is 5.89. The van der Waals surface area contributed by atoms with Gasteiger partial charge in [-0.2, -0.15) is 5.26 Å². The molecule has 0 aromatic heterocycles. The van der Waals surface area contributed by atoms with Crippen molar-refractivity contribution in [1.29, 1.82) is 5.26 Å². The van der Waals surface area contributed by atoms with Gasteiger partial charge in [0.25, 0.3) is 0 Å². The van der Waals surface area contributed by atoms with E-state index in [1.54, 1.807) is 0 Å². The monoisotopic (exact) mass is 197 g/mol. The Morgan fingerprint density at radius 3 is 2.50 bits per heavy atom. The standard InChI is InChI=1S/C10H19N3O/c1-4-6-13(7-5-11)10(14)9(12)8(2)3/h8-9H,4,6-7,12H2,1-3H3. The second-order valence-corrected chi connectivity index (χ2v) is 3.69. The van der Waals surface area contributed by atoms with Gasteiger partial charge in [0.05, 0.1) is 12.1 Å². The molecule has 4 nitrogen and oxygen atoms in total. The number of carbonyl (C=O) groups excluding carboxylic acids is 1. The first-order valence-electron chi connectivity index (χ1n) is 4.95. The number of rotatable bonds is 5. The van der Waals surface area contributed by atoms with Crippen LogP contribution in [0.25, 0.3) is 0 Å². The third kappa shape index (κ3) is 3.75. The van der Waals surface area contributed by atoms with Crippen LogP contribution in [0.3, 0.4) is 0 Å². The van der Waals surface area contributed by atoms with E-state index in [1.807, 2.05) is 26.8 Å². The minimum absolute atomic E-state index is 0.112. The number of nitrogens with two attached hydrogens (primary N) is 1. The first-order chi connectivity index (χ1) is 6.54. The van der Waals surface area contributed by atoms with Crippen LogP contribution in [0, 0.1) is 17.2 Å². The Bertz CT molecular complexity index is 220. The molecule has 0 heterocycles. The molecular formula is C10H19N3O. The van der Waals surface area contributed by atoms with Crippen LogP contribution < -0.4 is 5.73 Å². The van der Waals surface area contributed by atoms with E-state index >= 15 is 0 Å². The van der Waals surface area contributed by atoms with Crippen LogP contribution >= 0.6 is 0 Å². The Hall–Kier alpha value is -1.08. The Labute approximate surface area is 85.7 Å². The van der Waals surface area contributed by atoms with Gasteiger partial charge in [0, 0.05) is 6.54 Å². The van der Waals surface area contributed by atoms with Gasteiger partial charge in [0.1, 0.15) is 6.54 Å². The number of amides is 1. The van der Waals surface area contributed by atoms with Gasteiger partial charge in [-0.05, 0) is 12.3 Å². The van der Waals surface area contributed by atoms with Crippen molar-refractivity contribution in [3.63, 3.8) is 0 Å². The molecule has 0 radical (unpaired) electrons. The number of carbonyl (C=O) groups is 1. The van der Waals surface area contributed by atoms with E-state index in [9.17, 15) is 4.79 Å². The van der Waals surface area contributed by atoms with E-state index in [1.165, 1.54) is 4.90 Å². The van der Waals surface area contributed by atoms with E-state index in [2.05, 4.69) is 0 Å².